The van der Waals surface area contributed by atoms with Gasteiger partial charge >= 0.3 is 0 Å². The van der Waals surface area contributed by atoms with Gasteiger partial charge in [0.05, 0.1) is 29.2 Å². The first-order chi connectivity index (χ1) is 9.70. The molecule has 0 amide bonds. The second-order valence-electron chi connectivity index (χ2n) is 4.69. The first-order valence-corrected chi connectivity index (χ1v) is 6.68. The molecule has 0 bridgehead atoms. The second kappa shape index (κ2) is 5.09. The molecule has 0 radical (unpaired) electrons. The number of fused-ring (bicyclic) bond motifs is 1. The predicted molar refractivity (Wildman–Crippen MR) is 75.1 cm³/mol. The van der Waals surface area contributed by atoms with E-state index in [4.69, 9.17) is 4.74 Å². The van der Waals surface area contributed by atoms with Crippen molar-refractivity contribution in [2.45, 2.75) is 13.5 Å². The minimum Gasteiger partial charge on any atom is -0.378 e. The minimum atomic E-state index is -0.390. The van der Waals surface area contributed by atoms with Crippen LogP contribution in [-0.2, 0) is 11.3 Å². The highest BCUT2D eigenvalue weighted by atomic mass is 16.6. The maximum absolute atomic E-state index is 10.9. The number of rotatable bonds is 3. The maximum Gasteiger partial charge on any atom is 0.271 e. The topological polar surface area (TPSA) is 73.4 Å². The van der Waals surface area contributed by atoms with E-state index in [1.54, 1.807) is 6.07 Å². The summed E-state index contributed by atoms with van der Waals surface area (Å²) in [6.07, 6.45) is 0. The van der Waals surface area contributed by atoms with Gasteiger partial charge in [-0.2, -0.15) is 0 Å². The van der Waals surface area contributed by atoms with Crippen molar-refractivity contribution < 1.29 is 9.66 Å². The Bertz CT molecular complexity index is 646. The molecular weight excluding hydrogens is 260 g/mol. The third-order valence-corrected chi connectivity index (χ3v) is 3.53. The molecule has 20 heavy (non-hydrogen) atoms. The van der Waals surface area contributed by atoms with Gasteiger partial charge in [0.25, 0.3) is 5.69 Å². The lowest BCUT2D eigenvalue weighted by Gasteiger charge is -2.28. The fraction of sp³-hybridized carbons (Fsp3) is 0.462. The summed E-state index contributed by atoms with van der Waals surface area (Å²) in [6, 6.07) is 4.83. The molecule has 0 unspecified atom stereocenters. The molecule has 7 nitrogen and oxygen atoms in total. The van der Waals surface area contributed by atoms with Crippen LogP contribution >= 0.6 is 0 Å². The van der Waals surface area contributed by atoms with E-state index < -0.39 is 4.92 Å². The first kappa shape index (κ1) is 12.9. The van der Waals surface area contributed by atoms with Gasteiger partial charge in [0.1, 0.15) is 0 Å². The minimum absolute atomic E-state index is 0.0757. The molecule has 1 aromatic carbocycles. The normalized spacial score (nSPS) is 15.8. The van der Waals surface area contributed by atoms with Gasteiger partial charge in [0.2, 0.25) is 5.95 Å². The third kappa shape index (κ3) is 2.09. The van der Waals surface area contributed by atoms with Crippen LogP contribution in [0.3, 0.4) is 0 Å². The molecule has 0 atom stereocenters. The van der Waals surface area contributed by atoms with Crippen molar-refractivity contribution in [2.24, 2.45) is 0 Å². The molecule has 3 rings (SSSR count). The summed E-state index contributed by atoms with van der Waals surface area (Å²) in [5.74, 6) is 0.867. The van der Waals surface area contributed by atoms with Crippen molar-refractivity contribution in [1.82, 2.24) is 9.55 Å². The Morgan fingerprint density at radius 1 is 1.40 bits per heavy atom. The smallest absolute Gasteiger partial charge is 0.271 e. The molecule has 1 aromatic heterocycles. The largest absolute Gasteiger partial charge is 0.378 e. The summed E-state index contributed by atoms with van der Waals surface area (Å²) in [7, 11) is 0. The quantitative estimate of drug-likeness (QED) is 0.631. The summed E-state index contributed by atoms with van der Waals surface area (Å²) in [5.41, 5.74) is 1.67. The number of imidazole rings is 1. The van der Waals surface area contributed by atoms with Crippen LogP contribution in [0.25, 0.3) is 11.0 Å². The van der Waals surface area contributed by atoms with Gasteiger partial charge < -0.3 is 14.2 Å². The molecule has 1 aliphatic heterocycles. The van der Waals surface area contributed by atoms with E-state index in [2.05, 4.69) is 14.5 Å². The summed E-state index contributed by atoms with van der Waals surface area (Å²) in [4.78, 5) is 17.2. The molecule has 2 aromatic rings. The highest BCUT2D eigenvalue weighted by Crippen LogP contribution is 2.26. The van der Waals surface area contributed by atoms with Crippen molar-refractivity contribution in [3.05, 3.63) is 28.3 Å². The van der Waals surface area contributed by atoms with Crippen LogP contribution in [0.4, 0.5) is 11.6 Å². The standard InChI is InChI=1S/C13H16N4O3/c1-2-16-12-4-3-10(17(18)19)9-11(12)14-13(16)15-5-7-20-8-6-15/h3-4,9H,2,5-8H2,1H3. The molecule has 1 saturated heterocycles. The van der Waals surface area contributed by atoms with Gasteiger partial charge in [-0.15, -0.1) is 0 Å². The number of hydrogen-bond donors (Lipinski definition) is 0. The number of hydrogen-bond acceptors (Lipinski definition) is 5. The van der Waals surface area contributed by atoms with Gasteiger partial charge in [-0.1, -0.05) is 0 Å². The lowest BCUT2D eigenvalue weighted by molar-refractivity contribution is -0.384. The average molecular weight is 276 g/mol. The molecule has 0 aliphatic carbocycles. The predicted octanol–water partition coefficient (Wildman–Crippen LogP) is 1.80. The lowest BCUT2D eigenvalue weighted by Crippen LogP contribution is -2.37. The van der Waals surface area contributed by atoms with E-state index >= 15 is 0 Å². The molecule has 0 N–H and O–H groups in total. The van der Waals surface area contributed by atoms with Crippen LogP contribution in [0.1, 0.15) is 6.92 Å². The number of aryl methyl sites for hydroxylation is 1. The number of nitro groups is 1. The zero-order valence-corrected chi connectivity index (χ0v) is 11.3. The number of anilines is 1. The number of nitro benzene ring substituents is 1. The van der Waals surface area contributed by atoms with Gasteiger partial charge in [0.15, 0.2) is 0 Å². The number of non-ortho nitro benzene ring substituents is 1. The molecule has 1 fully saturated rings. The van der Waals surface area contributed by atoms with Crippen molar-refractivity contribution in [1.29, 1.82) is 0 Å². The monoisotopic (exact) mass is 276 g/mol. The summed E-state index contributed by atoms with van der Waals surface area (Å²) >= 11 is 0. The Morgan fingerprint density at radius 2 is 2.15 bits per heavy atom. The molecule has 7 heteroatoms. The number of aromatic nitrogens is 2. The van der Waals surface area contributed by atoms with E-state index in [1.165, 1.54) is 12.1 Å². The van der Waals surface area contributed by atoms with Gasteiger partial charge in [-0.05, 0) is 13.0 Å². The Balaban J connectivity index is 2.09. The van der Waals surface area contributed by atoms with Gasteiger partial charge in [-0.3, -0.25) is 10.1 Å². The highest BCUT2D eigenvalue weighted by molar-refractivity contribution is 5.81. The van der Waals surface area contributed by atoms with Crippen LogP contribution in [-0.4, -0.2) is 40.8 Å². The summed E-state index contributed by atoms with van der Waals surface area (Å²) in [5, 5.41) is 10.9. The number of morpholine rings is 1. The highest BCUT2D eigenvalue weighted by Gasteiger charge is 2.20. The van der Waals surface area contributed by atoms with E-state index in [0.717, 1.165) is 31.1 Å². The van der Waals surface area contributed by atoms with E-state index in [0.29, 0.717) is 18.7 Å². The molecule has 0 spiro atoms. The Labute approximate surface area is 115 Å². The molecular formula is C13H16N4O3. The Morgan fingerprint density at radius 3 is 2.80 bits per heavy atom. The van der Waals surface area contributed by atoms with Crippen LogP contribution in [0, 0.1) is 10.1 Å². The van der Waals surface area contributed by atoms with Crippen LogP contribution in [0.15, 0.2) is 18.2 Å². The summed E-state index contributed by atoms with van der Waals surface area (Å²) < 4.78 is 7.44. The van der Waals surface area contributed by atoms with Crippen molar-refractivity contribution in [3.63, 3.8) is 0 Å². The fourth-order valence-electron chi connectivity index (χ4n) is 2.54. The van der Waals surface area contributed by atoms with Crippen molar-refractivity contribution in [3.8, 4) is 0 Å². The van der Waals surface area contributed by atoms with E-state index in [1.807, 2.05) is 6.92 Å². The fourth-order valence-corrected chi connectivity index (χ4v) is 2.54. The molecule has 2 heterocycles. The Kier molecular flexibility index (Phi) is 3.27. The third-order valence-electron chi connectivity index (χ3n) is 3.53. The average Bonchev–Trinajstić information content (AvgIpc) is 2.85. The molecule has 1 aliphatic rings. The first-order valence-electron chi connectivity index (χ1n) is 6.68. The van der Waals surface area contributed by atoms with Gasteiger partial charge in [0, 0.05) is 31.8 Å². The van der Waals surface area contributed by atoms with E-state index in [9.17, 15) is 10.1 Å². The SMILES string of the molecule is CCn1c(N2CCOCC2)nc2cc([N+](=O)[O-])ccc21. The maximum atomic E-state index is 10.9. The molecule has 106 valence electrons. The van der Waals surface area contributed by atoms with Crippen molar-refractivity contribution >= 4 is 22.7 Å². The number of nitrogens with zero attached hydrogens (tertiary/aromatic N) is 4. The van der Waals surface area contributed by atoms with Crippen molar-refractivity contribution in [2.75, 3.05) is 31.2 Å². The zero-order chi connectivity index (χ0) is 14.1. The Hall–Kier alpha value is -2.15. The van der Waals surface area contributed by atoms with Crippen LogP contribution in [0.5, 0.6) is 0 Å². The van der Waals surface area contributed by atoms with Gasteiger partial charge in [-0.25, -0.2) is 4.98 Å². The lowest BCUT2D eigenvalue weighted by atomic mass is 10.3. The summed E-state index contributed by atoms with van der Waals surface area (Å²) in [6.45, 7) is 5.80. The number of benzene rings is 1. The zero-order valence-electron chi connectivity index (χ0n) is 11.3. The number of ether oxygens (including phenoxy) is 1. The van der Waals surface area contributed by atoms with E-state index in [-0.39, 0.29) is 5.69 Å². The molecule has 0 saturated carbocycles. The second-order valence-corrected chi connectivity index (χ2v) is 4.69. The van der Waals surface area contributed by atoms with Crippen LogP contribution in [0.2, 0.25) is 0 Å². The van der Waals surface area contributed by atoms with Crippen LogP contribution < -0.4 is 4.90 Å².